The van der Waals surface area contributed by atoms with Crippen molar-refractivity contribution in [2.75, 3.05) is 0 Å². The maximum atomic E-state index is 9.21. The predicted molar refractivity (Wildman–Crippen MR) is 102 cm³/mol. The van der Waals surface area contributed by atoms with E-state index >= 15 is 0 Å². The molecule has 4 nitrogen and oxygen atoms in total. The summed E-state index contributed by atoms with van der Waals surface area (Å²) in [5.41, 5.74) is 3.69. The Hall–Kier alpha value is -2.29. The maximum Gasteiger partial charge on any atom is 0.191 e. The highest BCUT2D eigenvalue weighted by Crippen LogP contribution is 2.29. The van der Waals surface area contributed by atoms with Crippen LogP contribution < -0.4 is 0 Å². The van der Waals surface area contributed by atoms with Crippen molar-refractivity contribution < 1.29 is 0 Å². The second-order valence-electron chi connectivity index (χ2n) is 5.57. The number of hydrogen-bond acceptors (Lipinski definition) is 4. The molecule has 0 unspecified atom stereocenters. The Labute approximate surface area is 156 Å². The molecule has 1 aromatic heterocycles. The Morgan fingerprint density at radius 2 is 2.00 bits per heavy atom. The summed E-state index contributed by atoms with van der Waals surface area (Å²) in [4.78, 5) is 0. The third-order valence-corrected chi connectivity index (χ3v) is 5.38. The summed E-state index contributed by atoms with van der Waals surface area (Å²) in [6, 6.07) is 15.8. The molecule has 0 radical (unpaired) electrons. The Balaban J connectivity index is 1.87. The number of rotatable bonds is 5. The second kappa shape index (κ2) is 7.73. The van der Waals surface area contributed by atoms with Gasteiger partial charge in [0.15, 0.2) is 11.0 Å². The molecule has 0 N–H and O–H groups in total. The fourth-order valence-electron chi connectivity index (χ4n) is 2.52. The minimum atomic E-state index is 0.677. The standard InChI is InChI=1S/C19H17ClN4S/c1-3-24-18(14-9-8-13(2)17(20)10-14)22-23-19(24)25-12-16-7-5-4-6-15(16)11-21/h4-10H,3,12H2,1-2H3. The minimum Gasteiger partial charge on any atom is -0.302 e. The number of nitriles is 1. The van der Waals surface area contributed by atoms with Crippen LogP contribution in [0.2, 0.25) is 5.02 Å². The van der Waals surface area contributed by atoms with E-state index in [4.69, 9.17) is 11.6 Å². The lowest BCUT2D eigenvalue weighted by Crippen LogP contribution is -2.00. The van der Waals surface area contributed by atoms with Gasteiger partial charge in [-0.05, 0) is 37.1 Å². The predicted octanol–water partition coefficient (Wildman–Crippen LogP) is 5.09. The van der Waals surface area contributed by atoms with E-state index in [0.717, 1.165) is 39.2 Å². The summed E-state index contributed by atoms with van der Waals surface area (Å²) in [6.07, 6.45) is 0. The number of aromatic nitrogens is 3. The molecule has 3 aromatic rings. The van der Waals surface area contributed by atoms with Gasteiger partial charge in [0.05, 0.1) is 11.6 Å². The molecular weight excluding hydrogens is 352 g/mol. The quantitative estimate of drug-likeness (QED) is 0.588. The first-order valence-electron chi connectivity index (χ1n) is 7.94. The number of halogens is 1. The van der Waals surface area contributed by atoms with Gasteiger partial charge in [0.1, 0.15) is 0 Å². The van der Waals surface area contributed by atoms with E-state index in [2.05, 4.69) is 27.8 Å². The Kier molecular flexibility index (Phi) is 5.42. The van der Waals surface area contributed by atoms with E-state index in [1.807, 2.05) is 49.4 Å². The molecule has 6 heteroatoms. The van der Waals surface area contributed by atoms with Crippen molar-refractivity contribution in [2.45, 2.75) is 31.3 Å². The summed E-state index contributed by atoms with van der Waals surface area (Å²) in [7, 11) is 0. The zero-order chi connectivity index (χ0) is 17.8. The van der Waals surface area contributed by atoms with Crippen molar-refractivity contribution in [1.29, 1.82) is 5.26 Å². The van der Waals surface area contributed by atoms with Crippen LogP contribution in [0.4, 0.5) is 0 Å². The Morgan fingerprint density at radius 3 is 2.72 bits per heavy atom. The van der Waals surface area contributed by atoms with Crippen LogP contribution in [0.25, 0.3) is 11.4 Å². The van der Waals surface area contributed by atoms with Crippen LogP contribution in [0.1, 0.15) is 23.6 Å². The zero-order valence-electron chi connectivity index (χ0n) is 14.0. The number of nitrogens with zero attached hydrogens (tertiary/aromatic N) is 4. The number of hydrogen-bond donors (Lipinski definition) is 0. The van der Waals surface area contributed by atoms with Crippen molar-refractivity contribution in [3.63, 3.8) is 0 Å². The van der Waals surface area contributed by atoms with Gasteiger partial charge in [-0.3, -0.25) is 0 Å². The van der Waals surface area contributed by atoms with Gasteiger partial charge < -0.3 is 4.57 Å². The molecule has 25 heavy (non-hydrogen) atoms. The van der Waals surface area contributed by atoms with Crippen LogP contribution in [0.3, 0.4) is 0 Å². The average molecular weight is 369 g/mol. The second-order valence-corrected chi connectivity index (χ2v) is 6.92. The molecule has 0 spiro atoms. The lowest BCUT2D eigenvalue weighted by Gasteiger charge is -2.09. The summed E-state index contributed by atoms with van der Waals surface area (Å²) in [5.74, 6) is 1.48. The minimum absolute atomic E-state index is 0.677. The molecule has 0 aliphatic heterocycles. The van der Waals surface area contributed by atoms with Crippen molar-refractivity contribution in [2.24, 2.45) is 0 Å². The lowest BCUT2D eigenvalue weighted by molar-refractivity contribution is 0.687. The monoisotopic (exact) mass is 368 g/mol. The van der Waals surface area contributed by atoms with Crippen LogP contribution in [-0.4, -0.2) is 14.8 Å². The highest BCUT2D eigenvalue weighted by atomic mass is 35.5. The van der Waals surface area contributed by atoms with Gasteiger partial charge in [-0.25, -0.2) is 0 Å². The smallest absolute Gasteiger partial charge is 0.191 e. The topological polar surface area (TPSA) is 54.5 Å². The summed E-state index contributed by atoms with van der Waals surface area (Å²) >= 11 is 7.83. The third-order valence-electron chi connectivity index (χ3n) is 3.96. The molecule has 3 rings (SSSR count). The summed E-state index contributed by atoms with van der Waals surface area (Å²) in [5, 5.41) is 19.5. The van der Waals surface area contributed by atoms with Gasteiger partial charge in [-0.2, -0.15) is 5.26 Å². The summed E-state index contributed by atoms with van der Waals surface area (Å²) < 4.78 is 2.07. The van der Waals surface area contributed by atoms with Crippen molar-refractivity contribution in [3.8, 4) is 17.5 Å². The van der Waals surface area contributed by atoms with Crippen LogP contribution in [0.15, 0.2) is 47.6 Å². The molecule has 2 aromatic carbocycles. The molecule has 0 fully saturated rings. The molecule has 0 aliphatic carbocycles. The molecular formula is C19H17ClN4S. The lowest BCUT2D eigenvalue weighted by atomic mass is 10.1. The Bertz CT molecular complexity index is 943. The first-order chi connectivity index (χ1) is 12.1. The SMILES string of the molecule is CCn1c(SCc2ccccc2C#N)nnc1-c1ccc(C)c(Cl)c1. The Morgan fingerprint density at radius 1 is 1.20 bits per heavy atom. The van der Waals surface area contributed by atoms with E-state index in [-0.39, 0.29) is 0 Å². The van der Waals surface area contributed by atoms with E-state index in [9.17, 15) is 5.26 Å². The molecule has 0 atom stereocenters. The van der Waals surface area contributed by atoms with Gasteiger partial charge in [0.2, 0.25) is 0 Å². The molecule has 0 saturated heterocycles. The average Bonchev–Trinajstić information content (AvgIpc) is 3.05. The van der Waals surface area contributed by atoms with E-state index in [1.54, 1.807) is 11.8 Å². The molecule has 126 valence electrons. The van der Waals surface area contributed by atoms with Gasteiger partial charge in [0, 0.05) is 22.9 Å². The van der Waals surface area contributed by atoms with E-state index in [0.29, 0.717) is 11.3 Å². The van der Waals surface area contributed by atoms with Crippen molar-refractivity contribution in [1.82, 2.24) is 14.8 Å². The van der Waals surface area contributed by atoms with Gasteiger partial charge in [-0.15, -0.1) is 10.2 Å². The van der Waals surface area contributed by atoms with Crippen LogP contribution in [0, 0.1) is 18.3 Å². The molecule has 0 amide bonds. The van der Waals surface area contributed by atoms with Crippen LogP contribution in [0.5, 0.6) is 0 Å². The normalized spacial score (nSPS) is 10.6. The number of thioether (sulfide) groups is 1. The fraction of sp³-hybridized carbons (Fsp3) is 0.211. The van der Waals surface area contributed by atoms with Crippen molar-refractivity contribution in [3.05, 3.63) is 64.2 Å². The molecule has 0 bridgehead atoms. The largest absolute Gasteiger partial charge is 0.302 e. The highest BCUT2D eigenvalue weighted by Gasteiger charge is 2.14. The number of benzene rings is 2. The molecule has 0 aliphatic rings. The zero-order valence-corrected chi connectivity index (χ0v) is 15.6. The van der Waals surface area contributed by atoms with Crippen LogP contribution >= 0.6 is 23.4 Å². The van der Waals surface area contributed by atoms with Gasteiger partial charge in [0.25, 0.3) is 0 Å². The van der Waals surface area contributed by atoms with E-state index in [1.165, 1.54) is 0 Å². The first-order valence-corrected chi connectivity index (χ1v) is 9.31. The number of aryl methyl sites for hydroxylation is 1. The van der Waals surface area contributed by atoms with E-state index < -0.39 is 0 Å². The first kappa shape index (κ1) is 17.5. The van der Waals surface area contributed by atoms with Gasteiger partial charge in [-0.1, -0.05) is 53.7 Å². The van der Waals surface area contributed by atoms with Crippen molar-refractivity contribution >= 4 is 23.4 Å². The summed E-state index contributed by atoms with van der Waals surface area (Å²) in [6.45, 7) is 4.80. The highest BCUT2D eigenvalue weighted by molar-refractivity contribution is 7.98. The van der Waals surface area contributed by atoms with Crippen LogP contribution in [-0.2, 0) is 12.3 Å². The maximum absolute atomic E-state index is 9.21. The van der Waals surface area contributed by atoms with Gasteiger partial charge >= 0.3 is 0 Å². The molecule has 0 saturated carbocycles. The third kappa shape index (κ3) is 3.71. The molecule has 1 heterocycles. The fourth-order valence-corrected chi connectivity index (χ4v) is 3.71.